The van der Waals surface area contributed by atoms with Gasteiger partial charge in [-0.3, -0.25) is 24.0 Å². The molecule has 0 aliphatic carbocycles. The van der Waals surface area contributed by atoms with Crippen molar-refractivity contribution in [1.29, 1.82) is 0 Å². The zero-order valence-electron chi connectivity index (χ0n) is 14.2. The molecule has 2 aromatic carbocycles. The maximum absolute atomic E-state index is 12.1. The molecule has 0 aliphatic rings. The molecule has 0 spiro atoms. The first kappa shape index (κ1) is 17.2. The lowest BCUT2D eigenvalue weighted by molar-refractivity contribution is -0.384. The Morgan fingerprint density at radius 3 is 2.38 bits per heavy atom. The van der Waals surface area contributed by atoms with Crippen molar-refractivity contribution in [2.45, 2.75) is 0 Å². The largest absolute Gasteiger partial charge is 0.328 e. The number of nitrogens with one attached hydrogen (secondary N) is 1. The van der Waals surface area contributed by atoms with Crippen LogP contribution in [-0.2, 0) is 18.9 Å². The van der Waals surface area contributed by atoms with Crippen molar-refractivity contribution in [3.05, 3.63) is 74.7 Å². The van der Waals surface area contributed by atoms with E-state index in [0.717, 1.165) is 11.0 Å². The number of nitro groups is 1. The van der Waals surface area contributed by atoms with Gasteiger partial charge >= 0.3 is 5.69 Å². The van der Waals surface area contributed by atoms with Gasteiger partial charge in [0.05, 0.1) is 16.0 Å². The molecule has 0 radical (unpaired) electrons. The fraction of sp³-hybridized carbons (Fsp3) is 0.111. The van der Waals surface area contributed by atoms with Gasteiger partial charge in [-0.25, -0.2) is 4.79 Å². The number of amides is 1. The summed E-state index contributed by atoms with van der Waals surface area (Å²) in [5.74, 6) is -0.344. The molecule has 1 aromatic heterocycles. The second-order valence-corrected chi connectivity index (χ2v) is 5.78. The number of carbonyl (C=O) groups is 1. The maximum atomic E-state index is 12.1. The van der Waals surface area contributed by atoms with Crippen LogP contribution in [0.3, 0.4) is 0 Å². The SMILES string of the molecule is Cn1c(=O)n(C)c2cc(NC(=O)/C=C/c3ccc([N+](=O)[O-])cc3)ccc21. The zero-order chi connectivity index (χ0) is 18.8. The average molecular weight is 352 g/mol. The number of carbonyl (C=O) groups excluding carboxylic acids is 1. The van der Waals surface area contributed by atoms with Crippen LogP contribution in [0.4, 0.5) is 11.4 Å². The fourth-order valence-corrected chi connectivity index (χ4v) is 2.65. The topological polar surface area (TPSA) is 99.2 Å². The van der Waals surface area contributed by atoms with Gasteiger partial charge in [0, 0.05) is 38.0 Å². The summed E-state index contributed by atoms with van der Waals surface area (Å²) < 4.78 is 3.05. The molecule has 1 heterocycles. The number of nitro benzene ring substituents is 1. The van der Waals surface area contributed by atoms with Gasteiger partial charge in [0.1, 0.15) is 0 Å². The number of hydrogen-bond donors (Lipinski definition) is 1. The normalized spacial score (nSPS) is 11.2. The molecule has 0 fully saturated rings. The Kier molecular flexibility index (Phi) is 4.40. The van der Waals surface area contributed by atoms with Gasteiger partial charge < -0.3 is 5.32 Å². The summed E-state index contributed by atoms with van der Waals surface area (Å²) in [6.45, 7) is 0. The molecule has 0 unspecified atom stereocenters. The first-order chi connectivity index (χ1) is 12.4. The molecular formula is C18H16N4O4. The van der Waals surface area contributed by atoms with Crippen molar-refractivity contribution in [3.8, 4) is 0 Å². The third-order valence-corrected chi connectivity index (χ3v) is 4.07. The molecule has 3 aromatic rings. The van der Waals surface area contributed by atoms with Crippen molar-refractivity contribution in [3.63, 3.8) is 0 Å². The summed E-state index contributed by atoms with van der Waals surface area (Å²) >= 11 is 0. The molecular weight excluding hydrogens is 336 g/mol. The van der Waals surface area contributed by atoms with E-state index in [1.54, 1.807) is 50.5 Å². The predicted molar refractivity (Wildman–Crippen MR) is 98.9 cm³/mol. The standard InChI is InChI=1S/C18H16N4O4/c1-20-15-9-6-13(11-16(15)21(2)18(20)24)19-17(23)10-5-12-3-7-14(8-4-12)22(25)26/h3-11H,1-2H3,(H,19,23)/b10-5+. The minimum atomic E-state index is -0.479. The summed E-state index contributed by atoms with van der Waals surface area (Å²) in [7, 11) is 3.36. The number of fused-ring (bicyclic) bond motifs is 1. The minimum Gasteiger partial charge on any atom is -0.322 e. The summed E-state index contributed by atoms with van der Waals surface area (Å²) in [4.78, 5) is 34.1. The van der Waals surface area contributed by atoms with Gasteiger partial charge in [-0.2, -0.15) is 0 Å². The fourth-order valence-electron chi connectivity index (χ4n) is 2.65. The van der Waals surface area contributed by atoms with Gasteiger partial charge in [-0.1, -0.05) is 0 Å². The molecule has 132 valence electrons. The summed E-state index contributed by atoms with van der Waals surface area (Å²) in [5, 5.41) is 13.4. The number of aromatic nitrogens is 2. The van der Waals surface area contributed by atoms with Gasteiger partial charge in [0.25, 0.3) is 5.69 Å². The van der Waals surface area contributed by atoms with Crippen molar-refractivity contribution in [2.24, 2.45) is 14.1 Å². The molecule has 26 heavy (non-hydrogen) atoms. The molecule has 8 heteroatoms. The number of benzene rings is 2. The van der Waals surface area contributed by atoms with Crippen LogP contribution in [0.15, 0.2) is 53.3 Å². The van der Waals surface area contributed by atoms with Gasteiger partial charge in [0.15, 0.2) is 0 Å². The minimum absolute atomic E-state index is 0.00613. The quantitative estimate of drug-likeness (QED) is 0.443. The Labute approximate surface area is 148 Å². The summed E-state index contributed by atoms with van der Waals surface area (Å²) in [6.07, 6.45) is 2.91. The second-order valence-electron chi connectivity index (χ2n) is 5.78. The molecule has 0 atom stereocenters. The molecule has 0 bridgehead atoms. The van der Waals surface area contributed by atoms with Gasteiger partial charge in [-0.05, 0) is 42.0 Å². The Balaban J connectivity index is 1.75. The number of aryl methyl sites for hydroxylation is 2. The monoisotopic (exact) mass is 352 g/mol. The van der Waals surface area contributed by atoms with Gasteiger partial charge in [0.2, 0.25) is 5.91 Å². The molecule has 1 N–H and O–H groups in total. The molecule has 3 rings (SSSR count). The van der Waals surface area contributed by atoms with Crippen molar-refractivity contribution in [1.82, 2.24) is 9.13 Å². The highest BCUT2D eigenvalue weighted by Gasteiger charge is 2.09. The number of non-ortho nitro benzene ring substituents is 1. The van der Waals surface area contributed by atoms with Crippen LogP contribution >= 0.6 is 0 Å². The summed E-state index contributed by atoms with van der Waals surface area (Å²) in [6, 6.07) is 11.1. The van der Waals surface area contributed by atoms with E-state index < -0.39 is 4.92 Å². The lowest BCUT2D eigenvalue weighted by atomic mass is 10.2. The van der Waals surface area contributed by atoms with Crippen LogP contribution in [0.1, 0.15) is 5.56 Å². The van der Waals surface area contributed by atoms with Crippen LogP contribution in [0, 0.1) is 10.1 Å². The average Bonchev–Trinajstić information content (AvgIpc) is 2.84. The van der Waals surface area contributed by atoms with Crippen LogP contribution in [0.2, 0.25) is 0 Å². The first-order valence-corrected chi connectivity index (χ1v) is 7.76. The highest BCUT2D eigenvalue weighted by Crippen LogP contribution is 2.18. The molecule has 0 saturated carbocycles. The third-order valence-electron chi connectivity index (χ3n) is 4.07. The Bertz CT molecular complexity index is 1090. The number of rotatable bonds is 4. The molecule has 0 aliphatic heterocycles. The number of hydrogen-bond acceptors (Lipinski definition) is 4. The highest BCUT2D eigenvalue weighted by molar-refractivity contribution is 6.02. The number of anilines is 1. The predicted octanol–water partition coefficient (Wildman–Crippen LogP) is 2.44. The van der Waals surface area contributed by atoms with E-state index in [1.165, 1.54) is 27.3 Å². The smallest absolute Gasteiger partial charge is 0.322 e. The van der Waals surface area contributed by atoms with Crippen LogP contribution in [0.5, 0.6) is 0 Å². The van der Waals surface area contributed by atoms with E-state index >= 15 is 0 Å². The van der Waals surface area contributed by atoms with E-state index in [0.29, 0.717) is 11.3 Å². The van der Waals surface area contributed by atoms with Crippen molar-refractivity contribution < 1.29 is 9.72 Å². The van der Waals surface area contributed by atoms with Gasteiger partial charge in [-0.15, -0.1) is 0 Å². The number of nitrogens with zero attached hydrogens (tertiary/aromatic N) is 3. The maximum Gasteiger partial charge on any atom is 0.328 e. The van der Waals surface area contributed by atoms with Crippen LogP contribution in [-0.4, -0.2) is 20.0 Å². The molecule has 8 nitrogen and oxygen atoms in total. The van der Waals surface area contributed by atoms with Crippen molar-refractivity contribution >= 4 is 34.4 Å². The van der Waals surface area contributed by atoms with Crippen LogP contribution < -0.4 is 11.0 Å². The Hall–Kier alpha value is -3.68. The number of imidazole rings is 1. The van der Waals surface area contributed by atoms with Crippen molar-refractivity contribution in [2.75, 3.05) is 5.32 Å². The first-order valence-electron chi connectivity index (χ1n) is 7.76. The zero-order valence-corrected chi connectivity index (χ0v) is 14.2. The molecule has 0 saturated heterocycles. The molecule has 1 amide bonds. The van der Waals surface area contributed by atoms with E-state index in [2.05, 4.69) is 5.32 Å². The Morgan fingerprint density at radius 2 is 1.73 bits per heavy atom. The van der Waals surface area contributed by atoms with E-state index in [4.69, 9.17) is 0 Å². The second kappa shape index (κ2) is 6.67. The van der Waals surface area contributed by atoms with E-state index in [1.807, 2.05) is 0 Å². The highest BCUT2D eigenvalue weighted by atomic mass is 16.6. The summed E-state index contributed by atoms with van der Waals surface area (Å²) in [5.41, 5.74) is 2.59. The van der Waals surface area contributed by atoms with E-state index in [-0.39, 0.29) is 17.3 Å². The lowest BCUT2D eigenvalue weighted by Crippen LogP contribution is -2.19. The Morgan fingerprint density at radius 1 is 1.08 bits per heavy atom. The van der Waals surface area contributed by atoms with E-state index in [9.17, 15) is 19.7 Å². The van der Waals surface area contributed by atoms with Crippen LogP contribution in [0.25, 0.3) is 17.1 Å². The lowest BCUT2D eigenvalue weighted by Gasteiger charge is -2.03. The third kappa shape index (κ3) is 3.25.